The van der Waals surface area contributed by atoms with Gasteiger partial charge in [0.05, 0.1) is 5.02 Å². The number of hydrogen-bond donors (Lipinski definition) is 2. The lowest BCUT2D eigenvalue weighted by molar-refractivity contribution is 0.0806. The minimum Gasteiger partial charge on any atom is -0.508 e. The van der Waals surface area contributed by atoms with Gasteiger partial charge in [0.1, 0.15) is 35.7 Å². The van der Waals surface area contributed by atoms with Crippen LogP contribution >= 0.6 is 11.6 Å². The van der Waals surface area contributed by atoms with Crippen LogP contribution in [0.3, 0.4) is 0 Å². The van der Waals surface area contributed by atoms with E-state index in [-0.39, 0.29) is 16.5 Å². The van der Waals surface area contributed by atoms with Crippen LogP contribution in [0.15, 0.2) is 60.7 Å². The summed E-state index contributed by atoms with van der Waals surface area (Å²) >= 11 is 6.18. The molecule has 3 aromatic carbocycles. The number of ether oxygens (including phenoxy) is 2. The lowest BCUT2D eigenvalue weighted by atomic mass is 9.86. The van der Waals surface area contributed by atoms with Crippen LogP contribution in [-0.4, -0.2) is 41.4 Å². The first-order valence-corrected chi connectivity index (χ1v) is 12.5. The first kappa shape index (κ1) is 23.6. The monoisotopic (exact) mass is 491 g/mol. The van der Waals surface area contributed by atoms with Crippen LogP contribution in [0.4, 0.5) is 0 Å². The number of aromatic hydroxyl groups is 2. The molecule has 2 N–H and O–H groups in total. The van der Waals surface area contributed by atoms with E-state index in [1.54, 1.807) is 24.3 Å². The molecular formula is C29H30ClNO4. The Morgan fingerprint density at radius 3 is 2.54 bits per heavy atom. The van der Waals surface area contributed by atoms with Crippen molar-refractivity contribution in [3.63, 3.8) is 0 Å². The Kier molecular flexibility index (Phi) is 6.63. The van der Waals surface area contributed by atoms with Gasteiger partial charge in [-0.2, -0.15) is 0 Å². The quantitative estimate of drug-likeness (QED) is 0.393. The highest BCUT2D eigenvalue weighted by Crippen LogP contribution is 2.49. The Bertz CT molecular complexity index is 1250. The van der Waals surface area contributed by atoms with Gasteiger partial charge in [-0.3, -0.25) is 4.90 Å². The van der Waals surface area contributed by atoms with E-state index < -0.39 is 6.10 Å². The molecule has 0 bridgehead atoms. The standard InChI is InChI=1S/C29H30ClNO4/c1-3-19-16-31(17-19)11-12-34-23-9-7-20(8-10-23)29-28(21-5-4-6-22(32)13-21)18(2)24-14-26(33)25(30)15-27(24)35-29/h4-10,13-15,19,29,32-33H,3,11-12,16-17H2,1-2H3/t29-/m1/s1. The molecule has 0 unspecified atom stereocenters. The number of fused-ring (bicyclic) bond motifs is 1. The third kappa shape index (κ3) is 4.84. The van der Waals surface area contributed by atoms with Gasteiger partial charge in [0.2, 0.25) is 0 Å². The average molecular weight is 492 g/mol. The van der Waals surface area contributed by atoms with Gasteiger partial charge in [-0.15, -0.1) is 0 Å². The fourth-order valence-corrected chi connectivity index (χ4v) is 5.04. The number of halogens is 1. The number of nitrogens with zero attached hydrogens (tertiary/aromatic N) is 1. The van der Waals surface area contributed by atoms with Crippen LogP contribution in [0.5, 0.6) is 23.0 Å². The van der Waals surface area contributed by atoms with Gasteiger partial charge >= 0.3 is 0 Å². The summed E-state index contributed by atoms with van der Waals surface area (Å²) in [6, 6.07) is 18.4. The van der Waals surface area contributed by atoms with Gasteiger partial charge in [-0.05, 0) is 59.9 Å². The lowest BCUT2D eigenvalue weighted by Crippen LogP contribution is -2.47. The molecule has 182 valence electrons. The molecule has 6 heteroatoms. The molecule has 0 saturated carbocycles. The molecule has 0 radical (unpaired) electrons. The molecule has 0 amide bonds. The number of benzene rings is 3. The molecule has 0 aliphatic carbocycles. The molecule has 2 aliphatic heterocycles. The summed E-state index contributed by atoms with van der Waals surface area (Å²) in [6.45, 7) is 8.19. The number of phenols is 2. The van der Waals surface area contributed by atoms with E-state index in [2.05, 4.69) is 11.8 Å². The van der Waals surface area contributed by atoms with Crippen LogP contribution in [0.1, 0.15) is 43.1 Å². The maximum absolute atomic E-state index is 10.2. The van der Waals surface area contributed by atoms with Gasteiger partial charge in [0.15, 0.2) is 0 Å². The Morgan fingerprint density at radius 2 is 1.83 bits per heavy atom. The number of allylic oxidation sites excluding steroid dienone is 1. The highest BCUT2D eigenvalue weighted by Gasteiger charge is 2.30. The largest absolute Gasteiger partial charge is 0.508 e. The molecule has 1 atom stereocenters. The highest BCUT2D eigenvalue weighted by atomic mass is 35.5. The van der Waals surface area contributed by atoms with Crippen molar-refractivity contribution in [2.24, 2.45) is 5.92 Å². The maximum atomic E-state index is 10.2. The zero-order valence-corrected chi connectivity index (χ0v) is 20.8. The van der Waals surface area contributed by atoms with E-state index in [9.17, 15) is 10.2 Å². The second kappa shape index (κ2) is 9.84. The Balaban J connectivity index is 1.40. The van der Waals surface area contributed by atoms with E-state index in [4.69, 9.17) is 21.1 Å². The van der Waals surface area contributed by atoms with Crippen molar-refractivity contribution in [2.45, 2.75) is 26.4 Å². The molecule has 1 saturated heterocycles. The lowest BCUT2D eigenvalue weighted by Gasteiger charge is -2.38. The minimum atomic E-state index is -0.411. The Hall–Kier alpha value is -3.15. The number of rotatable bonds is 7. The first-order valence-electron chi connectivity index (χ1n) is 12.1. The van der Waals surface area contributed by atoms with Crippen molar-refractivity contribution in [3.05, 3.63) is 82.4 Å². The van der Waals surface area contributed by atoms with Crippen molar-refractivity contribution < 1.29 is 19.7 Å². The SMILES string of the molecule is CCC1CN(CCOc2ccc([C@H]3Oc4cc(Cl)c(O)cc4C(C)=C3c3cccc(O)c3)cc2)C1. The molecule has 0 aromatic heterocycles. The third-order valence-electron chi connectivity index (χ3n) is 6.99. The second-order valence-electron chi connectivity index (χ2n) is 9.34. The van der Waals surface area contributed by atoms with Crippen molar-refractivity contribution in [1.82, 2.24) is 4.90 Å². The fraction of sp³-hybridized carbons (Fsp3) is 0.310. The first-order chi connectivity index (χ1) is 16.9. The molecule has 2 heterocycles. The predicted molar refractivity (Wildman–Crippen MR) is 139 cm³/mol. The summed E-state index contributed by atoms with van der Waals surface area (Å²) in [5, 5.41) is 20.6. The zero-order chi connectivity index (χ0) is 24.5. The van der Waals surface area contributed by atoms with Gasteiger partial charge in [0.25, 0.3) is 0 Å². The van der Waals surface area contributed by atoms with Gasteiger partial charge < -0.3 is 19.7 Å². The van der Waals surface area contributed by atoms with Crippen LogP contribution < -0.4 is 9.47 Å². The molecule has 5 nitrogen and oxygen atoms in total. The minimum absolute atomic E-state index is 0.00650. The van der Waals surface area contributed by atoms with E-state index in [0.29, 0.717) is 12.4 Å². The molecule has 1 fully saturated rings. The third-order valence-corrected chi connectivity index (χ3v) is 7.29. The molecular weight excluding hydrogens is 462 g/mol. The number of phenolic OH excluding ortho intramolecular Hbond substituents is 2. The maximum Gasteiger partial charge on any atom is 0.150 e. The normalized spacial score (nSPS) is 18.1. The molecule has 2 aliphatic rings. The summed E-state index contributed by atoms with van der Waals surface area (Å²) in [7, 11) is 0. The van der Waals surface area contributed by atoms with Gasteiger partial charge in [0, 0.05) is 36.8 Å². The van der Waals surface area contributed by atoms with Crippen LogP contribution in [0.2, 0.25) is 5.02 Å². The van der Waals surface area contributed by atoms with Crippen LogP contribution in [-0.2, 0) is 0 Å². The number of likely N-dealkylation sites (tertiary alicyclic amines) is 1. The smallest absolute Gasteiger partial charge is 0.150 e. The molecule has 5 rings (SSSR count). The molecule has 35 heavy (non-hydrogen) atoms. The number of hydrogen-bond acceptors (Lipinski definition) is 5. The second-order valence-corrected chi connectivity index (χ2v) is 9.75. The highest BCUT2D eigenvalue weighted by molar-refractivity contribution is 6.32. The van der Waals surface area contributed by atoms with E-state index in [1.165, 1.54) is 19.5 Å². The Morgan fingerprint density at radius 1 is 1.06 bits per heavy atom. The summed E-state index contributed by atoms with van der Waals surface area (Å²) < 4.78 is 12.4. The zero-order valence-electron chi connectivity index (χ0n) is 20.0. The van der Waals surface area contributed by atoms with E-state index in [0.717, 1.165) is 46.0 Å². The van der Waals surface area contributed by atoms with Crippen LogP contribution in [0.25, 0.3) is 11.1 Å². The van der Waals surface area contributed by atoms with Crippen molar-refractivity contribution in [2.75, 3.05) is 26.2 Å². The predicted octanol–water partition coefficient (Wildman–Crippen LogP) is 6.54. The summed E-state index contributed by atoms with van der Waals surface area (Å²) in [6.07, 6.45) is 0.837. The van der Waals surface area contributed by atoms with Crippen LogP contribution in [0, 0.1) is 5.92 Å². The van der Waals surface area contributed by atoms with Crippen molar-refractivity contribution >= 4 is 22.7 Å². The fourth-order valence-electron chi connectivity index (χ4n) is 4.89. The topological polar surface area (TPSA) is 62.2 Å². The van der Waals surface area contributed by atoms with Gasteiger partial charge in [-0.25, -0.2) is 0 Å². The summed E-state index contributed by atoms with van der Waals surface area (Å²) in [5.41, 5.74) is 4.46. The summed E-state index contributed by atoms with van der Waals surface area (Å²) in [4.78, 5) is 2.42. The van der Waals surface area contributed by atoms with Gasteiger partial charge in [-0.1, -0.05) is 49.2 Å². The average Bonchev–Trinajstić information content (AvgIpc) is 2.82. The summed E-state index contributed by atoms with van der Waals surface area (Å²) in [5.74, 6) is 2.46. The van der Waals surface area contributed by atoms with E-state index in [1.807, 2.05) is 43.3 Å². The van der Waals surface area contributed by atoms with E-state index >= 15 is 0 Å². The molecule has 0 spiro atoms. The molecule has 3 aromatic rings. The van der Waals surface area contributed by atoms with Crippen molar-refractivity contribution in [3.8, 4) is 23.0 Å². The Labute approximate surface area is 211 Å². The van der Waals surface area contributed by atoms with Crippen molar-refractivity contribution in [1.29, 1.82) is 0 Å².